The van der Waals surface area contributed by atoms with Crippen LogP contribution in [-0.2, 0) is 32.7 Å². The molecule has 1 N–H and O–H groups in total. The van der Waals surface area contributed by atoms with Crippen LogP contribution in [0.5, 0.6) is 5.75 Å². The SMILES string of the molecule is COc1ccc2ccc(S(=O)(=O)N(Cc3ccccc3)[C@H]3CCN(Cc4ccnc(C#N)c4)C3=O)cc2c1.O=C(O)C(F)(F)F. The van der Waals surface area contributed by atoms with Crippen molar-refractivity contribution in [1.82, 2.24) is 14.2 Å². The van der Waals surface area contributed by atoms with Crippen LogP contribution in [0.25, 0.3) is 10.8 Å². The highest BCUT2D eigenvalue weighted by Gasteiger charge is 2.42. The zero-order valence-corrected chi connectivity index (χ0v) is 24.6. The molecule has 1 aliphatic heterocycles. The van der Waals surface area contributed by atoms with Crippen LogP contribution in [0.4, 0.5) is 13.2 Å². The Morgan fingerprint density at radius 2 is 1.76 bits per heavy atom. The highest BCUT2D eigenvalue weighted by molar-refractivity contribution is 7.89. The van der Waals surface area contributed by atoms with Gasteiger partial charge in [-0.15, -0.1) is 0 Å². The van der Waals surface area contributed by atoms with Crippen LogP contribution in [0.2, 0.25) is 0 Å². The number of carboxylic acid groups (broad SMARTS) is 1. The molecule has 14 heteroatoms. The molecular weight excluding hydrogens is 613 g/mol. The molecule has 10 nitrogen and oxygen atoms in total. The first-order valence-electron chi connectivity index (χ1n) is 13.4. The Labute approximate surface area is 256 Å². The van der Waals surface area contributed by atoms with Crippen LogP contribution >= 0.6 is 0 Å². The van der Waals surface area contributed by atoms with Crippen molar-refractivity contribution in [2.24, 2.45) is 0 Å². The molecule has 234 valence electrons. The van der Waals surface area contributed by atoms with Crippen molar-refractivity contribution in [3.8, 4) is 11.8 Å². The molecule has 45 heavy (non-hydrogen) atoms. The maximum atomic E-state index is 14.1. The minimum atomic E-state index is -5.08. The molecule has 0 radical (unpaired) electrons. The highest BCUT2D eigenvalue weighted by Crippen LogP contribution is 2.30. The van der Waals surface area contributed by atoms with E-state index in [0.29, 0.717) is 18.7 Å². The lowest BCUT2D eigenvalue weighted by Gasteiger charge is -2.28. The quantitative estimate of drug-likeness (QED) is 0.291. The summed E-state index contributed by atoms with van der Waals surface area (Å²) in [6.45, 7) is 0.752. The summed E-state index contributed by atoms with van der Waals surface area (Å²) in [7, 11) is -2.48. The summed E-state index contributed by atoms with van der Waals surface area (Å²) >= 11 is 0. The second-order valence-corrected chi connectivity index (χ2v) is 11.8. The summed E-state index contributed by atoms with van der Waals surface area (Å²) in [5, 5.41) is 17.9. The van der Waals surface area contributed by atoms with Gasteiger partial charge in [-0.3, -0.25) is 4.79 Å². The average molecular weight is 641 g/mol. The van der Waals surface area contributed by atoms with E-state index in [2.05, 4.69) is 4.98 Å². The van der Waals surface area contributed by atoms with Gasteiger partial charge in [0.15, 0.2) is 0 Å². The fraction of sp³-hybridized carbons (Fsp3) is 0.226. The third-order valence-electron chi connectivity index (χ3n) is 6.98. The Morgan fingerprint density at radius 1 is 1.07 bits per heavy atom. The van der Waals surface area contributed by atoms with Crippen molar-refractivity contribution in [3.05, 3.63) is 102 Å². The molecule has 1 atom stereocenters. The number of ether oxygens (including phenoxy) is 1. The van der Waals surface area contributed by atoms with E-state index in [0.717, 1.165) is 21.9 Å². The summed E-state index contributed by atoms with van der Waals surface area (Å²) < 4.78 is 66.6. The summed E-state index contributed by atoms with van der Waals surface area (Å²) in [6.07, 6.45) is -3.19. The third-order valence-corrected chi connectivity index (χ3v) is 8.83. The molecule has 0 unspecified atom stereocenters. The number of rotatable bonds is 8. The van der Waals surface area contributed by atoms with Gasteiger partial charge in [-0.05, 0) is 64.7 Å². The van der Waals surface area contributed by atoms with Crippen molar-refractivity contribution >= 4 is 32.7 Å². The number of aliphatic carboxylic acids is 1. The van der Waals surface area contributed by atoms with Crippen LogP contribution < -0.4 is 4.74 Å². The number of fused-ring (bicyclic) bond motifs is 1. The highest BCUT2D eigenvalue weighted by atomic mass is 32.2. The standard InChI is InChI=1S/C29H26N4O4S.C2HF3O2/c1-37-26-9-7-23-8-10-27(17-24(23)16-26)38(35,36)33(20-21-5-3-2-4-6-21)28-12-14-32(29(28)34)19-22-11-13-31-25(15-22)18-30;3-2(4,5)1(6)7/h2-11,13,15-17,28H,12,14,19-20H2,1H3;(H,6,7)/t28-;/m0./s1. The molecular formula is C31H27F3N4O6S. The van der Waals surface area contributed by atoms with Gasteiger partial charge in [0.05, 0.1) is 12.0 Å². The number of benzene rings is 3. The number of aromatic nitrogens is 1. The fourth-order valence-electron chi connectivity index (χ4n) is 4.75. The predicted molar refractivity (Wildman–Crippen MR) is 156 cm³/mol. The number of methoxy groups -OCH3 is 1. The number of nitrogens with zero attached hydrogens (tertiary/aromatic N) is 4. The Kier molecular flexibility index (Phi) is 10.1. The van der Waals surface area contributed by atoms with Crippen LogP contribution in [0.15, 0.2) is 90.0 Å². The summed E-state index contributed by atoms with van der Waals surface area (Å²) in [5.74, 6) is -2.39. The van der Waals surface area contributed by atoms with Gasteiger partial charge in [-0.1, -0.05) is 42.5 Å². The van der Waals surface area contributed by atoms with Crippen LogP contribution in [0, 0.1) is 11.3 Å². The van der Waals surface area contributed by atoms with Gasteiger partial charge in [-0.2, -0.15) is 22.7 Å². The number of carbonyl (C=O) groups excluding carboxylic acids is 1. The molecule has 1 aromatic heterocycles. The number of hydrogen-bond acceptors (Lipinski definition) is 7. The first-order valence-corrected chi connectivity index (χ1v) is 14.8. The number of sulfonamides is 1. The van der Waals surface area contributed by atoms with Gasteiger partial charge >= 0.3 is 12.1 Å². The number of likely N-dealkylation sites (tertiary alicyclic amines) is 1. The number of nitriles is 1. The minimum absolute atomic E-state index is 0.0669. The minimum Gasteiger partial charge on any atom is -0.497 e. The zero-order chi connectivity index (χ0) is 32.8. The van der Waals surface area contributed by atoms with Crippen LogP contribution in [-0.4, -0.2) is 65.5 Å². The second-order valence-electron chi connectivity index (χ2n) is 9.94. The van der Waals surface area contributed by atoms with E-state index in [4.69, 9.17) is 19.9 Å². The van der Waals surface area contributed by atoms with Crippen molar-refractivity contribution in [2.75, 3.05) is 13.7 Å². The Morgan fingerprint density at radius 3 is 2.40 bits per heavy atom. The molecule has 5 rings (SSSR count). The van der Waals surface area contributed by atoms with E-state index in [1.54, 1.807) is 48.4 Å². The molecule has 3 aromatic carbocycles. The smallest absolute Gasteiger partial charge is 0.490 e. The Balaban J connectivity index is 0.000000591. The van der Waals surface area contributed by atoms with Gasteiger partial charge in [0.1, 0.15) is 23.6 Å². The molecule has 1 aliphatic rings. The summed E-state index contributed by atoms with van der Waals surface area (Å²) in [5.41, 5.74) is 1.83. The zero-order valence-electron chi connectivity index (χ0n) is 23.8. The van der Waals surface area contributed by atoms with Gasteiger partial charge in [0.2, 0.25) is 15.9 Å². The van der Waals surface area contributed by atoms with E-state index in [-0.39, 0.29) is 29.6 Å². The monoisotopic (exact) mass is 640 g/mol. The average Bonchev–Trinajstić information content (AvgIpc) is 3.38. The van der Waals surface area contributed by atoms with Crippen molar-refractivity contribution in [1.29, 1.82) is 5.26 Å². The normalized spacial score (nSPS) is 15.0. The molecule has 2 heterocycles. The summed E-state index contributed by atoms with van der Waals surface area (Å²) in [6, 6.07) is 24.3. The maximum Gasteiger partial charge on any atom is 0.490 e. The fourth-order valence-corrected chi connectivity index (χ4v) is 6.39. The van der Waals surface area contributed by atoms with Crippen molar-refractivity contribution in [3.63, 3.8) is 0 Å². The molecule has 0 bridgehead atoms. The van der Waals surface area contributed by atoms with Crippen molar-refractivity contribution < 1.29 is 41.0 Å². The molecule has 0 aliphatic carbocycles. The molecule has 4 aromatic rings. The number of alkyl halides is 3. The largest absolute Gasteiger partial charge is 0.497 e. The van der Waals surface area contributed by atoms with Gasteiger partial charge in [-0.25, -0.2) is 18.2 Å². The number of halogens is 3. The molecule has 1 saturated heterocycles. The van der Waals surface area contributed by atoms with E-state index in [1.807, 2.05) is 48.5 Å². The van der Waals surface area contributed by atoms with Gasteiger partial charge in [0.25, 0.3) is 0 Å². The van der Waals surface area contributed by atoms with Crippen molar-refractivity contribution in [2.45, 2.75) is 36.6 Å². The lowest BCUT2D eigenvalue weighted by atomic mass is 10.1. The maximum absolute atomic E-state index is 14.1. The van der Waals surface area contributed by atoms with E-state index >= 15 is 0 Å². The number of pyridine rings is 1. The van der Waals surface area contributed by atoms with E-state index in [9.17, 15) is 26.4 Å². The predicted octanol–water partition coefficient (Wildman–Crippen LogP) is 4.74. The Hall–Kier alpha value is -5.00. The number of carbonyl (C=O) groups is 2. The summed E-state index contributed by atoms with van der Waals surface area (Å²) in [4.78, 5) is 28.2. The first-order chi connectivity index (χ1) is 21.3. The van der Waals surface area contributed by atoms with Gasteiger partial charge < -0.3 is 14.7 Å². The van der Waals surface area contributed by atoms with Crippen LogP contribution in [0.1, 0.15) is 23.2 Å². The van der Waals surface area contributed by atoms with E-state index < -0.39 is 28.2 Å². The lowest BCUT2D eigenvalue weighted by Crippen LogP contribution is -2.44. The molecule has 1 fully saturated rings. The number of amides is 1. The number of hydrogen-bond donors (Lipinski definition) is 1. The lowest BCUT2D eigenvalue weighted by molar-refractivity contribution is -0.192. The third kappa shape index (κ3) is 7.94. The molecule has 0 saturated carbocycles. The molecule has 1 amide bonds. The first kappa shape index (κ1) is 32.9. The topological polar surface area (TPSA) is 141 Å². The van der Waals surface area contributed by atoms with Crippen LogP contribution in [0.3, 0.4) is 0 Å². The number of carboxylic acids is 1. The van der Waals surface area contributed by atoms with Gasteiger partial charge in [0, 0.05) is 25.8 Å². The van der Waals surface area contributed by atoms with E-state index in [1.165, 1.54) is 10.5 Å². The second kappa shape index (κ2) is 13.7. The Bertz CT molecular complexity index is 1850. The molecule has 0 spiro atoms.